The van der Waals surface area contributed by atoms with E-state index in [1.54, 1.807) is 30.5 Å². The molecule has 1 aliphatic heterocycles. The Morgan fingerprint density at radius 1 is 1.31 bits per heavy atom. The summed E-state index contributed by atoms with van der Waals surface area (Å²) in [6.45, 7) is 2.34. The van der Waals surface area contributed by atoms with Gasteiger partial charge in [-0.1, -0.05) is 18.5 Å². The molecule has 0 aliphatic carbocycles. The number of anilines is 1. The van der Waals surface area contributed by atoms with Gasteiger partial charge in [-0.25, -0.2) is 9.69 Å². The molecule has 2 heterocycles. The summed E-state index contributed by atoms with van der Waals surface area (Å²) in [5.41, 5.74) is 1.06. The Labute approximate surface area is 163 Å². The number of nitrogens with one attached hydrogen (secondary N) is 1. The number of amides is 3. The number of imide groups is 1. The molecule has 1 aromatic carbocycles. The quantitative estimate of drug-likeness (QED) is 0.582. The first kappa shape index (κ1) is 18.5. The minimum absolute atomic E-state index is 0.277. The van der Waals surface area contributed by atoms with Crippen molar-refractivity contribution in [2.45, 2.75) is 19.3 Å². The van der Waals surface area contributed by atoms with Crippen molar-refractivity contribution in [2.75, 3.05) is 11.4 Å². The van der Waals surface area contributed by atoms with Gasteiger partial charge < -0.3 is 5.32 Å². The summed E-state index contributed by atoms with van der Waals surface area (Å²) in [6, 6.07) is 5.75. The molecule has 1 aliphatic rings. The number of rotatable bonds is 4. The lowest BCUT2D eigenvalue weighted by molar-refractivity contribution is -0.117. The summed E-state index contributed by atoms with van der Waals surface area (Å²) in [5, 5.41) is 3.06. The van der Waals surface area contributed by atoms with Gasteiger partial charge >= 0.3 is 6.03 Å². The molecule has 2 aromatic rings. The summed E-state index contributed by atoms with van der Waals surface area (Å²) in [7, 11) is 0. The van der Waals surface area contributed by atoms with Crippen LogP contribution in [0.4, 0.5) is 10.5 Å². The molecule has 0 spiro atoms. The maximum Gasteiger partial charge on any atom is 0.328 e. The largest absolute Gasteiger partial charge is 0.337 e. The van der Waals surface area contributed by atoms with Gasteiger partial charge in [0.25, 0.3) is 5.91 Å². The zero-order valence-electron chi connectivity index (χ0n) is 13.8. The average Bonchev–Trinajstić information content (AvgIpc) is 2.90. The van der Waals surface area contributed by atoms with Crippen LogP contribution in [0.5, 0.6) is 0 Å². The molecule has 8 heteroatoms. The van der Waals surface area contributed by atoms with Gasteiger partial charge in [-0.15, -0.1) is 0 Å². The smallest absolute Gasteiger partial charge is 0.328 e. The highest BCUT2D eigenvalue weighted by molar-refractivity contribution is 9.10. The van der Waals surface area contributed by atoms with Crippen molar-refractivity contribution in [2.24, 2.45) is 0 Å². The van der Waals surface area contributed by atoms with Crippen molar-refractivity contribution in [1.29, 1.82) is 0 Å². The van der Waals surface area contributed by atoms with Crippen molar-refractivity contribution in [1.82, 2.24) is 10.3 Å². The molecule has 0 radical (unpaired) electrons. The zero-order chi connectivity index (χ0) is 18.8. The summed E-state index contributed by atoms with van der Waals surface area (Å²) >= 11 is 9.33. The summed E-state index contributed by atoms with van der Waals surface area (Å²) < 4.78 is 0.623. The van der Waals surface area contributed by atoms with Crippen molar-refractivity contribution in [3.8, 4) is 0 Å². The fraction of sp³-hybridized carbons (Fsp3) is 0.222. The lowest BCUT2D eigenvalue weighted by Crippen LogP contribution is -2.43. The third-order valence-corrected chi connectivity index (χ3v) is 4.66. The zero-order valence-corrected chi connectivity index (χ0v) is 16.2. The van der Waals surface area contributed by atoms with E-state index >= 15 is 0 Å². The third-order valence-electron chi connectivity index (χ3n) is 3.99. The number of ketones is 1. The Morgan fingerprint density at radius 2 is 2.08 bits per heavy atom. The number of halogens is 2. The van der Waals surface area contributed by atoms with Gasteiger partial charge in [0, 0.05) is 34.0 Å². The maximum atomic E-state index is 13.0. The van der Waals surface area contributed by atoms with Crippen molar-refractivity contribution >= 4 is 50.9 Å². The SMILES string of the molecule is CCCNC(=O)N1C(=O)C(C(=O)c2cncc(Br)c2)c2cc(Cl)ccc21. The lowest BCUT2D eigenvalue weighted by Gasteiger charge is -2.16. The monoisotopic (exact) mass is 435 g/mol. The molecular formula is C18H15BrClN3O3. The van der Waals surface area contributed by atoms with Crippen LogP contribution < -0.4 is 10.2 Å². The Hall–Kier alpha value is -2.25. The maximum absolute atomic E-state index is 13.0. The van der Waals surface area contributed by atoms with E-state index in [1.807, 2.05) is 6.92 Å². The van der Waals surface area contributed by atoms with Gasteiger partial charge in [0.05, 0.1) is 5.69 Å². The van der Waals surface area contributed by atoms with Crippen LogP contribution in [0.25, 0.3) is 0 Å². The van der Waals surface area contributed by atoms with E-state index in [9.17, 15) is 14.4 Å². The second-order valence-electron chi connectivity index (χ2n) is 5.80. The summed E-state index contributed by atoms with van der Waals surface area (Å²) in [5.74, 6) is -2.16. The molecule has 3 rings (SSSR count). The minimum atomic E-state index is -1.13. The normalized spacial score (nSPS) is 15.7. The van der Waals surface area contributed by atoms with Crippen LogP contribution in [0.3, 0.4) is 0 Å². The van der Waals surface area contributed by atoms with Crippen molar-refractivity contribution in [3.05, 3.63) is 57.3 Å². The van der Waals surface area contributed by atoms with E-state index in [0.29, 0.717) is 27.3 Å². The standard InChI is InChI=1S/C18H15BrClN3O3/c1-2-5-22-18(26)23-14-4-3-12(20)7-13(14)15(17(23)25)16(24)10-6-11(19)9-21-8-10/h3-4,6-9,15H,2,5H2,1H3,(H,22,26). The van der Waals surface area contributed by atoms with Crippen LogP contribution in [0.15, 0.2) is 41.1 Å². The number of urea groups is 1. The van der Waals surface area contributed by atoms with Gasteiger partial charge in [0.1, 0.15) is 5.92 Å². The van der Waals surface area contributed by atoms with Crippen LogP contribution in [0, 0.1) is 0 Å². The average molecular weight is 437 g/mol. The number of hydrogen-bond acceptors (Lipinski definition) is 4. The van der Waals surface area contributed by atoms with Gasteiger partial charge in [-0.3, -0.25) is 14.6 Å². The number of benzene rings is 1. The number of nitrogens with zero attached hydrogens (tertiary/aromatic N) is 2. The molecule has 1 unspecified atom stereocenters. The number of aromatic nitrogens is 1. The Kier molecular flexibility index (Phi) is 5.38. The van der Waals surface area contributed by atoms with Crippen LogP contribution in [0.1, 0.15) is 35.2 Å². The third kappa shape index (κ3) is 3.37. The van der Waals surface area contributed by atoms with E-state index in [4.69, 9.17) is 11.6 Å². The molecular weight excluding hydrogens is 422 g/mol. The first-order valence-corrected chi connectivity index (χ1v) is 9.17. The number of pyridine rings is 1. The number of hydrogen-bond donors (Lipinski definition) is 1. The molecule has 3 amide bonds. The van der Waals surface area contributed by atoms with Crippen LogP contribution in [-0.2, 0) is 4.79 Å². The molecule has 134 valence electrons. The molecule has 1 atom stereocenters. The molecule has 0 fully saturated rings. The molecule has 1 aromatic heterocycles. The second kappa shape index (κ2) is 7.55. The molecule has 1 N–H and O–H groups in total. The fourth-order valence-electron chi connectivity index (χ4n) is 2.83. The van der Waals surface area contributed by atoms with Crippen LogP contribution in [-0.4, -0.2) is 29.3 Å². The molecule has 26 heavy (non-hydrogen) atoms. The minimum Gasteiger partial charge on any atom is -0.337 e. The fourth-order valence-corrected chi connectivity index (χ4v) is 3.37. The second-order valence-corrected chi connectivity index (χ2v) is 7.15. The lowest BCUT2D eigenvalue weighted by atomic mass is 9.92. The number of Topliss-reactive ketones (excluding diaryl/α,β-unsaturated/α-hetero) is 1. The summed E-state index contributed by atoms with van der Waals surface area (Å²) in [6.07, 6.45) is 3.67. The predicted octanol–water partition coefficient (Wildman–Crippen LogP) is 3.93. The van der Waals surface area contributed by atoms with Crippen LogP contribution >= 0.6 is 27.5 Å². The number of carbonyl (C=O) groups excluding carboxylic acids is 3. The highest BCUT2D eigenvalue weighted by atomic mass is 79.9. The van der Waals surface area contributed by atoms with Gasteiger partial charge in [0.15, 0.2) is 5.78 Å². The van der Waals surface area contributed by atoms with Gasteiger partial charge in [-0.05, 0) is 52.2 Å². The van der Waals surface area contributed by atoms with Crippen LogP contribution in [0.2, 0.25) is 5.02 Å². The highest BCUT2D eigenvalue weighted by Crippen LogP contribution is 2.40. The van der Waals surface area contributed by atoms with E-state index in [-0.39, 0.29) is 5.56 Å². The van der Waals surface area contributed by atoms with E-state index in [2.05, 4.69) is 26.2 Å². The topological polar surface area (TPSA) is 79.4 Å². The molecule has 0 saturated heterocycles. The van der Waals surface area contributed by atoms with Crippen molar-refractivity contribution < 1.29 is 14.4 Å². The predicted molar refractivity (Wildman–Crippen MR) is 102 cm³/mol. The van der Waals surface area contributed by atoms with Gasteiger partial charge in [0.2, 0.25) is 0 Å². The van der Waals surface area contributed by atoms with E-state index in [0.717, 1.165) is 11.3 Å². The number of fused-ring (bicyclic) bond motifs is 1. The summed E-state index contributed by atoms with van der Waals surface area (Å²) in [4.78, 5) is 43.4. The molecule has 0 bridgehead atoms. The van der Waals surface area contributed by atoms with E-state index < -0.39 is 23.6 Å². The molecule has 6 nitrogen and oxygen atoms in total. The molecule has 0 saturated carbocycles. The van der Waals surface area contributed by atoms with Gasteiger partial charge in [-0.2, -0.15) is 0 Å². The Balaban J connectivity index is 2.04. The Morgan fingerprint density at radius 3 is 2.77 bits per heavy atom. The van der Waals surface area contributed by atoms with Crippen molar-refractivity contribution in [3.63, 3.8) is 0 Å². The first-order chi connectivity index (χ1) is 12.4. The van der Waals surface area contributed by atoms with E-state index in [1.165, 1.54) is 6.20 Å². The highest BCUT2D eigenvalue weighted by Gasteiger charge is 2.45. The first-order valence-electron chi connectivity index (χ1n) is 8.00. The number of carbonyl (C=O) groups is 3. The Bertz CT molecular complexity index is 903.